The normalized spacial score (nSPS) is 12.5. The Morgan fingerprint density at radius 1 is 0.633 bits per heavy atom. The van der Waals surface area contributed by atoms with Gasteiger partial charge in [-0.2, -0.15) is 0 Å². The minimum Gasteiger partial charge on any atom is -0.478 e. The Bertz CT molecular complexity index is 942. The Hall–Kier alpha value is -3.96. The van der Waals surface area contributed by atoms with Crippen LogP contribution in [0.4, 0.5) is 17.6 Å². The van der Waals surface area contributed by atoms with E-state index in [-0.39, 0.29) is 0 Å². The lowest BCUT2D eigenvalue weighted by Crippen LogP contribution is -2.45. The maximum Gasteiger partial charge on any atom is 0.349 e. The van der Waals surface area contributed by atoms with Crippen LogP contribution in [0.15, 0.2) is 36.4 Å². The third-order valence-corrected chi connectivity index (χ3v) is 3.54. The van der Waals surface area contributed by atoms with Crippen molar-refractivity contribution in [2.75, 3.05) is 0 Å². The molecule has 12 heteroatoms. The largest absolute Gasteiger partial charge is 0.478 e. The molecule has 0 aliphatic carbocycles. The molecule has 0 unspecified atom stereocenters. The van der Waals surface area contributed by atoms with Crippen molar-refractivity contribution >= 4 is 23.9 Å². The summed E-state index contributed by atoms with van der Waals surface area (Å²) in [7, 11) is 0. The number of benzene rings is 2. The van der Waals surface area contributed by atoms with E-state index in [2.05, 4.69) is 9.47 Å². The number of carboxylic acids is 2. The van der Waals surface area contributed by atoms with Crippen molar-refractivity contribution in [3.05, 3.63) is 70.8 Å². The smallest absolute Gasteiger partial charge is 0.349 e. The van der Waals surface area contributed by atoms with Crippen molar-refractivity contribution in [1.82, 2.24) is 0 Å². The minimum atomic E-state index is -2.61. The van der Waals surface area contributed by atoms with Crippen LogP contribution in [0, 0.1) is 23.3 Å². The van der Waals surface area contributed by atoms with Crippen molar-refractivity contribution in [2.24, 2.45) is 0 Å². The number of hydrogen-bond acceptors (Lipinski definition) is 6. The molecule has 2 rings (SSSR count). The number of aliphatic carboxylic acids is 2. The SMILES string of the molecule is O=C(O[C@H](C(=O)O)[C@@H](OC(=O)c1ccc(F)c(F)c1)C(=O)O)c1ccc(F)c(F)c1. The Labute approximate surface area is 164 Å². The van der Waals surface area contributed by atoms with Crippen molar-refractivity contribution in [2.45, 2.75) is 12.2 Å². The molecule has 8 nitrogen and oxygen atoms in total. The fourth-order valence-corrected chi connectivity index (χ4v) is 2.10. The Morgan fingerprint density at radius 3 is 1.23 bits per heavy atom. The van der Waals surface area contributed by atoms with Crippen LogP contribution in [0.2, 0.25) is 0 Å². The van der Waals surface area contributed by atoms with Gasteiger partial charge < -0.3 is 19.7 Å². The van der Waals surface area contributed by atoms with E-state index in [9.17, 15) is 47.0 Å². The highest BCUT2D eigenvalue weighted by molar-refractivity contribution is 5.95. The molecule has 0 spiro atoms. The third kappa shape index (κ3) is 5.10. The second kappa shape index (κ2) is 9.03. The van der Waals surface area contributed by atoms with E-state index >= 15 is 0 Å². The van der Waals surface area contributed by atoms with Crippen molar-refractivity contribution < 1.29 is 56.4 Å². The summed E-state index contributed by atoms with van der Waals surface area (Å²) in [4.78, 5) is 46.7. The highest BCUT2D eigenvalue weighted by Gasteiger charge is 2.41. The van der Waals surface area contributed by atoms with Crippen molar-refractivity contribution in [3.63, 3.8) is 0 Å². The molecule has 2 atom stereocenters. The fraction of sp³-hybridized carbons (Fsp3) is 0.111. The first-order valence-electron chi connectivity index (χ1n) is 7.79. The van der Waals surface area contributed by atoms with Gasteiger partial charge in [-0.3, -0.25) is 0 Å². The van der Waals surface area contributed by atoms with Gasteiger partial charge in [-0.05, 0) is 36.4 Å². The number of carboxylic acid groups (broad SMARTS) is 2. The summed E-state index contributed by atoms with van der Waals surface area (Å²) in [5, 5.41) is 18.4. The molecule has 0 aromatic heterocycles. The first-order chi connectivity index (χ1) is 14.0. The van der Waals surface area contributed by atoms with Gasteiger partial charge in [0, 0.05) is 0 Å². The van der Waals surface area contributed by atoms with Gasteiger partial charge in [0.25, 0.3) is 0 Å². The van der Waals surface area contributed by atoms with Crippen LogP contribution < -0.4 is 0 Å². The van der Waals surface area contributed by atoms with Crippen LogP contribution in [-0.2, 0) is 19.1 Å². The van der Waals surface area contributed by atoms with Crippen LogP contribution in [0.25, 0.3) is 0 Å². The molecule has 0 saturated heterocycles. The monoisotopic (exact) mass is 430 g/mol. The van der Waals surface area contributed by atoms with Crippen LogP contribution in [0.5, 0.6) is 0 Å². The second-order valence-electron chi connectivity index (χ2n) is 5.59. The highest BCUT2D eigenvalue weighted by atomic mass is 19.2. The zero-order valence-electron chi connectivity index (χ0n) is 14.5. The quantitative estimate of drug-likeness (QED) is 0.506. The lowest BCUT2D eigenvalue weighted by Gasteiger charge is -2.21. The summed E-state index contributed by atoms with van der Waals surface area (Å²) in [6.07, 6.45) is -5.23. The molecule has 158 valence electrons. The van der Waals surface area contributed by atoms with E-state index < -0.39 is 70.5 Å². The molecular formula is C18H10F4O8. The lowest BCUT2D eigenvalue weighted by atomic mass is 10.1. The van der Waals surface area contributed by atoms with Gasteiger partial charge in [-0.15, -0.1) is 0 Å². The summed E-state index contributed by atoms with van der Waals surface area (Å²) in [6.45, 7) is 0. The van der Waals surface area contributed by atoms with E-state index in [1.807, 2.05) is 0 Å². The van der Waals surface area contributed by atoms with Gasteiger partial charge in [-0.1, -0.05) is 0 Å². The zero-order chi connectivity index (χ0) is 22.6. The third-order valence-electron chi connectivity index (χ3n) is 3.54. The van der Waals surface area contributed by atoms with E-state index in [1.54, 1.807) is 0 Å². The zero-order valence-corrected chi connectivity index (χ0v) is 14.5. The topological polar surface area (TPSA) is 127 Å². The predicted octanol–water partition coefficient (Wildman–Crippen LogP) is 2.16. The summed E-state index contributed by atoms with van der Waals surface area (Å²) in [5.41, 5.74) is -1.31. The molecule has 0 radical (unpaired) electrons. The Morgan fingerprint density at radius 2 is 0.967 bits per heavy atom. The molecule has 0 amide bonds. The van der Waals surface area contributed by atoms with Gasteiger partial charge in [-0.25, -0.2) is 36.7 Å². The summed E-state index contributed by atoms with van der Waals surface area (Å²) in [5.74, 6) is -12.8. The number of rotatable bonds is 7. The van der Waals surface area contributed by atoms with Crippen molar-refractivity contribution in [1.29, 1.82) is 0 Å². The molecule has 0 aliphatic heterocycles. The van der Waals surface area contributed by atoms with E-state index in [4.69, 9.17) is 0 Å². The summed E-state index contributed by atoms with van der Waals surface area (Å²) < 4.78 is 61.3. The average molecular weight is 430 g/mol. The maximum atomic E-state index is 13.2. The molecule has 0 fully saturated rings. The van der Waals surface area contributed by atoms with E-state index in [0.29, 0.717) is 24.3 Å². The number of carbonyl (C=O) groups is 4. The highest BCUT2D eigenvalue weighted by Crippen LogP contribution is 2.16. The number of halogens is 4. The van der Waals surface area contributed by atoms with Crippen LogP contribution in [0.3, 0.4) is 0 Å². The van der Waals surface area contributed by atoms with Gasteiger partial charge in [0.1, 0.15) is 0 Å². The maximum absolute atomic E-state index is 13.2. The Kier molecular flexibility index (Phi) is 6.72. The standard InChI is InChI=1S/C18H10F4O8/c19-9-3-1-7(5-11(9)21)17(27)29-13(15(23)24)14(16(25)26)30-18(28)8-2-4-10(20)12(22)6-8/h1-6,13-14H,(H,23,24)(H,25,26)/t13-,14+. The molecule has 2 N–H and O–H groups in total. The van der Waals surface area contributed by atoms with Gasteiger partial charge >= 0.3 is 23.9 Å². The second-order valence-corrected chi connectivity index (χ2v) is 5.59. The molecule has 0 heterocycles. The molecule has 30 heavy (non-hydrogen) atoms. The molecule has 2 aromatic rings. The number of ether oxygens (including phenoxy) is 2. The average Bonchev–Trinajstić information content (AvgIpc) is 2.67. The van der Waals surface area contributed by atoms with Gasteiger partial charge in [0.05, 0.1) is 11.1 Å². The first kappa shape index (κ1) is 22.3. The van der Waals surface area contributed by atoms with Gasteiger partial charge in [0.2, 0.25) is 12.2 Å². The minimum absolute atomic E-state index is 0.375. The first-order valence-corrected chi connectivity index (χ1v) is 7.79. The molecule has 0 aliphatic rings. The predicted molar refractivity (Wildman–Crippen MR) is 86.4 cm³/mol. The Balaban J connectivity index is 2.26. The lowest BCUT2D eigenvalue weighted by molar-refractivity contribution is -0.166. The molecule has 0 bridgehead atoms. The van der Waals surface area contributed by atoms with Crippen LogP contribution in [0.1, 0.15) is 20.7 Å². The summed E-state index contributed by atoms with van der Waals surface area (Å²) in [6, 6.07) is 3.31. The number of esters is 2. The molecule has 2 aromatic carbocycles. The summed E-state index contributed by atoms with van der Waals surface area (Å²) >= 11 is 0. The van der Waals surface area contributed by atoms with Crippen LogP contribution in [-0.4, -0.2) is 46.3 Å². The fourth-order valence-electron chi connectivity index (χ4n) is 2.10. The van der Waals surface area contributed by atoms with E-state index in [1.165, 1.54) is 0 Å². The van der Waals surface area contributed by atoms with Crippen molar-refractivity contribution in [3.8, 4) is 0 Å². The molecule has 0 saturated carbocycles. The van der Waals surface area contributed by atoms with Gasteiger partial charge in [0.15, 0.2) is 23.3 Å². The number of carbonyl (C=O) groups excluding carboxylic acids is 2. The number of hydrogen-bond donors (Lipinski definition) is 2. The van der Waals surface area contributed by atoms with Crippen LogP contribution >= 0.6 is 0 Å². The van der Waals surface area contributed by atoms with E-state index in [0.717, 1.165) is 12.1 Å². The molecular weight excluding hydrogens is 420 g/mol.